The monoisotopic (exact) mass is 317 g/mol. The molecule has 1 aromatic heterocycles. The van der Waals surface area contributed by atoms with Crippen LogP contribution >= 0.6 is 11.8 Å². The molecule has 22 heavy (non-hydrogen) atoms. The lowest BCUT2D eigenvalue weighted by Gasteiger charge is -2.10. The van der Waals surface area contributed by atoms with Crippen LogP contribution in [0.25, 0.3) is 0 Å². The number of nitrogens with one attached hydrogen (secondary N) is 1. The molecule has 0 aromatic carbocycles. The molecule has 2 heterocycles. The minimum atomic E-state index is -0.158. The molecule has 3 N–H and O–H groups in total. The number of nitrogens with two attached hydrogens (primary N) is 1. The number of aromatic nitrogens is 1. The van der Waals surface area contributed by atoms with Gasteiger partial charge in [-0.1, -0.05) is 11.8 Å². The van der Waals surface area contributed by atoms with E-state index >= 15 is 0 Å². The second kappa shape index (κ2) is 7.64. The van der Waals surface area contributed by atoms with Gasteiger partial charge in [0.15, 0.2) is 0 Å². The standard InChI is InChI=1S/C14H15N5O2S/c15-5-9-4-10(6-16)14(19-13(9)17)22-8-12(20)18-7-11-2-1-3-21-11/h4,11H,1-3,7-8H2,(H2,17,19)(H,18,20)/t11-/m0/s1. The number of nitrogens with zero attached hydrogens (tertiary/aromatic N) is 3. The third kappa shape index (κ3) is 4.10. The fourth-order valence-corrected chi connectivity index (χ4v) is 2.80. The lowest BCUT2D eigenvalue weighted by atomic mass is 10.2. The summed E-state index contributed by atoms with van der Waals surface area (Å²) in [7, 11) is 0. The van der Waals surface area contributed by atoms with Gasteiger partial charge in [-0.05, 0) is 18.9 Å². The summed E-state index contributed by atoms with van der Waals surface area (Å²) in [5.41, 5.74) is 6.02. The molecule has 0 aliphatic carbocycles. The van der Waals surface area contributed by atoms with Crippen molar-refractivity contribution >= 4 is 23.5 Å². The maximum Gasteiger partial charge on any atom is 0.230 e. The average molecular weight is 317 g/mol. The second-order valence-electron chi connectivity index (χ2n) is 4.73. The number of carbonyl (C=O) groups excluding carboxylic acids is 1. The van der Waals surface area contributed by atoms with Crippen molar-refractivity contribution in [3.8, 4) is 12.1 Å². The number of ether oxygens (including phenoxy) is 1. The molecule has 1 saturated heterocycles. The fraction of sp³-hybridized carbons (Fsp3) is 0.429. The zero-order chi connectivity index (χ0) is 15.9. The van der Waals surface area contributed by atoms with E-state index in [1.54, 1.807) is 0 Å². The summed E-state index contributed by atoms with van der Waals surface area (Å²) in [5, 5.41) is 21.1. The van der Waals surface area contributed by atoms with Gasteiger partial charge >= 0.3 is 0 Å². The highest BCUT2D eigenvalue weighted by molar-refractivity contribution is 8.00. The van der Waals surface area contributed by atoms with Gasteiger partial charge in [-0.25, -0.2) is 4.98 Å². The lowest BCUT2D eigenvalue weighted by molar-refractivity contribution is -0.119. The first-order valence-corrected chi connectivity index (χ1v) is 7.74. The highest BCUT2D eigenvalue weighted by Gasteiger charge is 2.17. The number of hydrogen-bond acceptors (Lipinski definition) is 7. The Hall–Kier alpha value is -2.29. The summed E-state index contributed by atoms with van der Waals surface area (Å²) in [6.45, 7) is 1.24. The first kappa shape index (κ1) is 16.1. The molecule has 0 saturated carbocycles. The van der Waals surface area contributed by atoms with Crippen LogP contribution < -0.4 is 11.1 Å². The van der Waals surface area contributed by atoms with E-state index in [9.17, 15) is 4.79 Å². The van der Waals surface area contributed by atoms with Crippen molar-refractivity contribution in [1.82, 2.24) is 10.3 Å². The quantitative estimate of drug-likeness (QED) is 0.769. The zero-order valence-electron chi connectivity index (χ0n) is 11.8. The normalized spacial score (nSPS) is 16.7. The summed E-state index contributed by atoms with van der Waals surface area (Å²) >= 11 is 1.12. The molecular weight excluding hydrogens is 302 g/mol. The average Bonchev–Trinajstić information content (AvgIpc) is 3.04. The molecule has 1 atom stereocenters. The molecule has 0 bridgehead atoms. The topological polar surface area (TPSA) is 125 Å². The van der Waals surface area contributed by atoms with Crippen LogP contribution in [0.1, 0.15) is 24.0 Å². The van der Waals surface area contributed by atoms with Crippen LogP contribution in [0, 0.1) is 22.7 Å². The molecule has 7 nitrogen and oxygen atoms in total. The molecule has 0 radical (unpaired) electrons. The van der Waals surface area contributed by atoms with Crippen LogP contribution in [0.3, 0.4) is 0 Å². The van der Waals surface area contributed by atoms with Gasteiger partial charge in [0.25, 0.3) is 0 Å². The Bertz CT molecular complexity index is 644. The van der Waals surface area contributed by atoms with Crippen LogP contribution in [0.2, 0.25) is 0 Å². The largest absolute Gasteiger partial charge is 0.383 e. The maximum absolute atomic E-state index is 11.8. The summed E-state index contributed by atoms with van der Waals surface area (Å²) in [5.74, 6) is 0.0256. The van der Waals surface area contributed by atoms with Crippen LogP contribution in [0.15, 0.2) is 11.1 Å². The van der Waals surface area contributed by atoms with Gasteiger partial charge in [0.2, 0.25) is 5.91 Å². The lowest BCUT2D eigenvalue weighted by Crippen LogP contribution is -2.32. The molecule has 1 amide bonds. The number of nitrogen functional groups attached to an aromatic ring is 1. The van der Waals surface area contributed by atoms with Crippen LogP contribution in [0.5, 0.6) is 0 Å². The van der Waals surface area contributed by atoms with Crippen molar-refractivity contribution in [3.63, 3.8) is 0 Å². The Kier molecular flexibility index (Phi) is 5.59. The van der Waals surface area contributed by atoms with Crippen molar-refractivity contribution < 1.29 is 9.53 Å². The number of nitriles is 2. The third-order valence-corrected chi connectivity index (χ3v) is 4.14. The first-order chi connectivity index (χ1) is 10.6. The molecule has 1 aromatic rings. The van der Waals surface area contributed by atoms with Gasteiger partial charge in [0.05, 0.1) is 23.0 Å². The number of amides is 1. The molecule has 0 spiro atoms. The molecule has 1 aliphatic rings. The molecule has 8 heteroatoms. The van der Waals surface area contributed by atoms with Gasteiger partial charge in [-0.15, -0.1) is 0 Å². The molecular formula is C14H15N5O2S. The van der Waals surface area contributed by atoms with Gasteiger partial charge < -0.3 is 15.8 Å². The summed E-state index contributed by atoms with van der Waals surface area (Å²) in [6, 6.07) is 5.21. The van der Waals surface area contributed by atoms with E-state index in [-0.39, 0.29) is 34.7 Å². The Morgan fingerprint density at radius 1 is 1.50 bits per heavy atom. The zero-order valence-corrected chi connectivity index (χ0v) is 12.7. The first-order valence-electron chi connectivity index (χ1n) is 6.76. The van der Waals surface area contributed by atoms with E-state index in [1.807, 2.05) is 12.1 Å². The second-order valence-corrected chi connectivity index (χ2v) is 5.69. The third-order valence-electron chi connectivity index (χ3n) is 3.15. The predicted octanol–water partition coefficient (Wildman–Crippen LogP) is 0.794. The fourth-order valence-electron chi connectivity index (χ4n) is 2.01. The maximum atomic E-state index is 11.8. The summed E-state index contributed by atoms with van der Waals surface area (Å²) < 4.78 is 5.42. The van der Waals surface area contributed by atoms with E-state index in [0.717, 1.165) is 31.2 Å². The number of anilines is 1. The molecule has 1 fully saturated rings. The SMILES string of the molecule is N#Cc1cc(C#N)c(SCC(=O)NC[C@@H]2CCCO2)nc1N. The molecule has 1 aliphatic heterocycles. The minimum absolute atomic E-state index is 0.0590. The van der Waals surface area contributed by atoms with E-state index in [4.69, 9.17) is 21.0 Å². The van der Waals surface area contributed by atoms with Crippen molar-refractivity contribution in [2.45, 2.75) is 24.0 Å². The van der Waals surface area contributed by atoms with Crippen molar-refractivity contribution in [3.05, 3.63) is 17.2 Å². The minimum Gasteiger partial charge on any atom is -0.383 e. The van der Waals surface area contributed by atoms with Gasteiger partial charge in [0, 0.05) is 13.2 Å². The molecule has 114 valence electrons. The van der Waals surface area contributed by atoms with Crippen LogP contribution in [-0.2, 0) is 9.53 Å². The molecule has 2 rings (SSSR count). The van der Waals surface area contributed by atoms with Gasteiger partial charge in [0.1, 0.15) is 23.0 Å². The summed E-state index contributed by atoms with van der Waals surface area (Å²) in [4.78, 5) is 15.8. The van der Waals surface area contributed by atoms with Crippen molar-refractivity contribution in [2.75, 3.05) is 24.6 Å². The van der Waals surface area contributed by atoms with E-state index < -0.39 is 0 Å². The Balaban J connectivity index is 1.90. The van der Waals surface area contributed by atoms with Crippen molar-refractivity contribution in [1.29, 1.82) is 10.5 Å². The number of thioether (sulfide) groups is 1. The Morgan fingerprint density at radius 2 is 2.27 bits per heavy atom. The Labute approximate surface area is 132 Å². The van der Waals surface area contributed by atoms with Crippen molar-refractivity contribution in [2.24, 2.45) is 0 Å². The van der Waals surface area contributed by atoms with Gasteiger partial charge in [-0.3, -0.25) is 4.79 Å². The van der Waals surface area contributed by atoms with E-state index in [0.29, 0.717) is 11.6 Å². The van der Waals surface area contributed by atoms with Crippen LogP contribution in [0.4, 0.5) is 5.82 Å². The van der Waals surface area contributed by atoms with E-state index in [1.165, 1.54) is 6.07 Å². The molecule has 0 unspecified atom stereocenters. The highest BCUT2D eigenvalue weighted by atomic mass is 32.2. The number of pyridine rings is 1. The van der Waals surface area contributed by atoms with Gasteiger partial charge in [-0.2, -0.15) is 10.5 Å². The number of rotatable bonds is 5. The number of hydrogen-bond donors (Lipinski definition) is 2. The summed E-state index contributed by atoms with van der Waals surface area (Å²) in [6.07, 6.45) is 2.07. The van der Waals surface area contributed by atoms with E-state index in [2.05, 4.69) is 10.3 Å². The Morgan fingerprint density at radius 3 is 2.91 bits per heavy atom. The number of carbonyl (C=O) groups is 1. The predicted molar refractivity (Wildman–Crippen MR) is 80.8 cm³/mol. The smallest absolute Gasteiger partial charge is 0.230 e. The highest BCUT2D eigenvalue weighted by Crippen LogP contribution is 2.23. The van der Waals surface area contributed by atoms with Crippen LogP contribution in [-0.4, -0.2) is 35.9 Å².